The third-order valence-electron chi connectivity index (χ3n) is 3.56. The van der Waals surface area contributed by atoms with Crippen LogP contribution in [0.3, 0.4) is 0 Å². The highest BCUT2D eigenvalue weighted by molar-refractivity contribution is 5.27. The highest BCUT2D eigenvalue weighted by atomic mass is 16.5. The molecule has 1 aromatic rings. The second kappa shape index (κ2) is 6.37. The monoisotopic (exact) mass is 264 g/mol. The van der Waals surface area contributed by atoms with E-state index in [0.717, 1.165) is 38.2 Å². The van der Waals surface area contributed by atoms with E-state index < -0.39 is 5.60 Å². The molecule has 106 valence electrons. The number of nitrogens with zero attached hydrogens (tertiary/aromatic N) is 1. The molecule has 0 spiro atoms. The van der Waals surface area contributed by atoms with Gasteiger partial charge in [-0.2, -0.15) is 0 Å². The summed E-state index contributed by atoms with van der Waals surface area (Å²) in [5, 5.41) is 9.87. The molecule has 2 rings (SSSR count). The zero-order valence-corrected chi connectivity index (χ0v) is 11.6. The maximum absolute atomic E-state index is 9.87. The van der Waals surface area contributed by atoms with Crippen LogP contribution in [0.2, 0.25) is 0 Å². The standard InChI is InChI=1S/C15H24N2O2/c1-15(18)7-9-17(12-15)10-11-19-14-4-2-13(3-5-14)6-8-16/h2-5,18H,6-12,16H2,1H3. The number of aliphatic hydroxyl groups is 1. The Bertz CT molecular complexity index is 390. The molecule has 1 aromatic carbocycles. The fourth-order valence-corrected chi connectivity index (χ4v) is 2.44. The van der Waals surface area contributed by atoms with E-state index in [-0.39, 0.29) is 0 Å². The van der Waals surface area contributed by atoms with E-state index >= 15 is 0 Å². The number of ether oxygens (including phenoxy) is 1. The average molecular weight is 264 g/mol. The molecule has 3 N–H and O–H groups in total. The van der Waals surface area contributed by atoms with Crippen molar-refractivity contribution in [3.05, 3.63) is 29.8 Å². The maximum atomic E-state index is 9.87. The Labute approximate surface area is 115 Å². The number of hydrogen-bond acceptors (Lipinski definition) is 4. The topological polar surface area (TPSA) is 58.7 Å². The van der Waals surface area contributed by atoms with Crippen molar-refractivity contribution >= 4 is 0 Å². The van der Waals surface area contributed by atoms with Crippen LogP contribution in [-0.2, 0) is 6.42 Å². The molecule has 1 aliphatic rings. The first-order valence-corrected chi connectivity index (χ1v) is 6.96. The predicted octanol–water partition coefficient (Wildman–Crippen LogP) is 1.02. The van der Waals surface area contributed by atoms with Gasteiger partial charge in [-0.3, -0.25) is 4.90 Å². The lowest BCUT2D eigenvalue weighted by Gasteiger charge is -2.18. The summed E-state index contributed by atoms with van der Waals surface area (Å²) in [6, 6.07) is 8.10. The Morgan fingerprint density at radius 1 is 1.37 bits per heavy atom. The molecule has 4 heteroatoms. The van der Waals surface area contributed by atoms with Gasteiger partial charge in [-0.1, -0.05) is 12.1 Å². The van der Waals surface area contributed by atoms with Crippen molar-refractivity contribution in [2.24, 2.45) is 5.73 Å². The Balaban J connectivity index is 1.71. The number of nitrogens with two attached hydrogens (primary N) is 1. The largest absolute Gasteiger partial charge is 0.492 e. The average Bonchev–Trinajstić information content (AvgIpc) is 2.72. The number of hydrogen-bond donors (Lipinski definition) is 2. The molecule has 0 aromatic heterocycles. The van der Waals surface area contributed by atoms with Crippen molar-refractivity contribution in [1.82, 2.24) is 4.90 Å². The molecule has 4 nitrogen and oxygen atoms in total. The van der Waals surface area contributed by atoms with E-state index in [4.69, 9.17) is 10.5 Å². The van der Waals surface area contributed by atoms with E-state index in [0.29, 0.717) is 13.2 Å². The van der Waals surface area contributed by atoms with Gasteiger partial charge in [-0.05, 0) is 44.0 Å². The number of β-amino-alcohol motifs (C(OH)–C–C–N with tert-alkyl or cyclic N) is 1. The van der Waals surface area contributed by atoms with E-state index in [1.807, 2.05) is 19.1 Å². The first kappa shape index (κ1) is 14.3. The molecule has 1 fully saturated rings. The maximum Gasteiger partial charge on any atom is 0.119 e. The Morgan fingerprint density at radius 2 is 2.11 bits per heavy atom. The van der Waals surface area contributed by atoms with Crippen LogP contribution >= 0.6 is 0 Å². The van der Waals surface area contributed by atoms with Crippen molar-refractivity contribution < 1.29 is 9.84 Å². The minimum Gasteiger partial charge on any atom is -0.492 e. The predicted molar refractivity (Wildman–Crippen MR) is 76.4 cm³/mol. The highest BCUT2D eigenvalue weighted by Crippen LogP contribution is 2.19. The molecule has 0 aliphatic carbocycles. The van der Waals surface area contributed by atoms with Crippen molar-refractivity contribution in [2.45, 2.75) is 25.4 Å². The number of rotatable bonds is 6. The van der Waals surface area contributed by atoms with Crippen LogP contribution in [0.5, 0.6) is 5.75 Å². The van der Waals surface area contributed by atoms with E-state index in [1.54, 1.807) is 0 Å². The summed E-state index contributed by atoms with van der Waals surface area (Å²) in [4.78, 5) is 2.24. The number of benzene rings is 1. The molecule has 1 aliphatic heterocycles. The molecule has 19 heavy (non-hydrogen) atoms. The minimum absolute atomic E-state index is 0.524. The third-order valence-corrected chi connectivity index (χ3v) is 3.56. The molecule has 0 saturated carbocycles. The van der Waals surface area contributed by atoms with Crippen LogP contribution in [0.25, 0.3) is 0 Å². The molecule has 0 bridgehead atoms. The summed E-state index contributed by atoms with van der Waals surface area (Å²) < 4.78 is 5.71. The molecule has 1 unspecified atom stereocenters. The summed E-state index contributed by atoms with van der Waals surface area (Å²) in [7, 11) is 0. The molecule has 1 atom stereocenters. The van der Waals surface area contributed by atoms with Crippen LogP contribution < -0.4 is 10.5 Å². The van der Waals surface area contributed by atoms with Gasteiger partial charge in [0.2, 0.25) is 0 Å². The van der Waals surface area contributed by atoms with Gasteiger partial charge in [0, 0.05) is 19.6 Å². The lowest BCUT2D eigenvalue weighted by Crippen LogP contribution is -2.32. The second-order valence-corrected chi connectivity index (χ2v) is 5.55. The lowest BCUT2D eigenvalue weighted by atomic mass is 10.1. The Hall–Kier alpha value is -1.10. The van der Waals surface area contributed by atoms with Gasteiger partial charge in [0.1, 0.15) is 12.4 Å². The van der Waals surface area contributed by atoms with Gasteiger partial charge in [0.05, 0.1) is 5.60 Å². The van der Waals surface area contributed by atoms with Gasteiger partial charge in [-0.25, -0.2) is 0 Å². The third kappa shape index (κ3) is 4.49. The fourth-order valence-electron chi connectivity index (χ4n) is 2.44. The van der Waals surface area contributed by atoms with Crippen LogP contribution in [0.15, 0.2) is 24.3 Å². The van der Waals surface area contributed by atoms with Gasteiger partial charge in [0.25, 0.3) is 0 Å². The SMILES string of the molecule is CC1(O)CCN(CCOc2ccc(CCN)cc2)C1. The lowest BCUT2D eigenvalue weighted by molar-refractivity contribution is 0.0670. The van der Waals surface area contributed by atoms with Crippen molar-refractivity contribution in [3.63, 3.8) is 0 Å². The Kier molecular flexibility index (Phi) is 4.80. The van der Waals surface area contributed by atoms with E-state index in [2.05, 4.69) is 17.0 Å². The Morgan fingerprint density at radius 3 is 2.68 bits per heavy atom. The van der Waals surface area contributed by atoms with E-state index in [1.165, 1.54) is 5.56 Å². The van der Waals surface area contributed by atoms with Crippen molar-refractivity contribution in [2.75, 3.05) is 32.8 Å². The summed E-state index contributed by atoms with van der Waals surface area (Å²) in [6.07, 6.45) is 1.75. The van der Waals surface area contributed by atoms with Crippen molar-refractivity contribution in [1.29, 1.82) is 0 Å². The summed E-state index contributed by atoms with van der Waals surface area (Å²) in [5.41, 5.74) is 6.23. The van der Waals surface area contributed by atoms with Gasteiger partial charge < -0.3 is 15.6 Å². The summed E-state index contributed by atoms with van der Waals surface area (Å²) in [6.45, 7) is 5.78. The molecule has 0 amide bonds. The van der Waals surface area contributed by atoms with Gasteiger partial charge in [0.15, 0.2) is 0 Å². The van der Waals surface area contributed by atoms with Gasteiger partial charge >= 0.3 is 0 Å². The van der Waals surface area contributed by atoms with Crippen LogP contribution in [-0.4, -0.2) is 48.4 Å². The first-order chi connectivity index (χ1) is 9.09. The zero-order chi connectivity index (χ0) is 13.7. The second-order valence-electron chi connectivity index (χ2n) is 5.55. The number of likely N-dealkylation sites (tertiary alicyclic amines) is 1. The smallest absolute Gasteiger partial charge is 0.119 e. The van der Waals surface area contributed by atoms with E-state index in [9.17, 15) is 5.11 Å². The first-order valence-electron chi connectivity index (χ1n) is 6.96. The molecule has 0 radical (unpaired) electrons. The summed E-state index contributed by atoms with van der Waals surface area (Å²) in [5.74, 6) is 0.895. The normalized spacial score (nSPS) is 23.7. The van der Waals surface area contributed by atoms with Crippen LogP contribution in [0.4, 0.5) is 0 Å². The molecule has 1 heterocycles. The molecular weight excluding hydrogens is 240 g/mol. The van der Waals surface area contributed by atoms with Crippen LogP contribution in [0.1, 0.15) is 18.9 Å². The molecule has 1 saturated heterocycles. The van der Waals surface area contributed by atoms with Crippen molar-refractivity contribution in [3.8, 4) is 5.75 Å². The molecular formula is C15H24N2O2. The van der Waals surface area contributed by atoms with Gasteiger partial charge in [-0.15, -0.1) is 0 Å². The van der Waals surface area contributed by atoms with Crippen LogP contribution in [0, 0.1) is 0 Å². The minimum atomic E-state index is -0.524. The summed E-state index contributed by atoms with van der Waals surface area (Å²) >= 11 is 0. The highest BCUT2D eigenvalue weighted by Gasteiger charge is 2.30. The quantitative estimate of drug-likeness (QED) is 0.805. The fraction of sp³-hybridized carbons (Fsp3) is 0.600. The zero-order valence-electron chi connectivity index (χ0n) is 11.6.